The van der Waals surface area contributed by atoms with E-state index in [9.17, 15) is 13.2 Å². The van der Waals surface area contributed by atoms with Gasteiger partial charge in [0.1, 0.15) is 6.04 Å². The quantitative estimate of drug-likeness (QED) is 0.505. The van der Waals surface area contributed by atoms with Gasteiger partial charge in [-0.05, 0) is 30.9 Å². The third kappa shape index (κ3) is 5.01. The molecule has 2 aromatic rings. The molecular weight excluding hydrogens is 439 g/mol. The number of anilines is 2. The van der Waals surface area contributed by atoms with Gasteiger partial charge in [-0.3, -0.25) is 14.4 Å². The van der Waals surface area contributed by atoms with Crippen molar-refractivity contribution in [3.8, 4) is 0 Å². The van der Waals surface area contributed by atoms with Crippen molar-refractivity contribution in [2.75, 3.05) is 22.1 Å². The Bertz CT molecular complexity index is 905. The molecule has 7 nitrogen and oxygen atoms in total. The average Bonchev–Trinajstić information content (AvgIpc) is 3.01. The van der Waals surface area contributed by atoms with E-state index < -0.39 is 22.0 Å². The molecule has 0 spiro atoms. The molecule has 1 amide bonds. The second kappa shape index (κ2) is 8.75. The van der Waals surface area contributed by atoms with Gasteiger partial charge in [0.05, 0.1) is 22.0 Å². The van der Waals surface area contributed by atoms with E-state index in [2.05, 4.69) is 15.5 Å². The molecule has 0 bridgehead atoms. The van der Waals surface area contributed by atoms with Crippen LogP contribution in [-0.4, -0.2) is 43.1 Å². The minimum absolute atomic E-state index is 0.196. The highest BCUT2D eigenvalue weighted by molar-refractivity contribution is 8.00. The summed E-state index contributed by atoms with van der Waals surface area (Å²) in [7, 11) is -3.76. The fraction of sp³-hybridized carbons (Fsp3) is 0.357. The predicted octanol–water partition coefficient (Wildman–Crippen LogP) is 3.75. The van der Waals surface area contributed by atoms with Gasteiger partial charge in [0, 0.05) is 0 Å². The highest BCUT2D eigenvalue weighted by Crippen LogP contribution is 2.31. The standard InChI is InChI=1S/C14H16Cl2N4O3S3/c1-4-11(12(21)17-13-18-19-14(24-2)25-13)20(26(3,22)23)8-5-6-9(15)10(16)7-8/h5-7,11H,4H2,1-3H3,(H,17,18,21)/t11-/m0/s1. The minimum atomic E-state index is -3.76. The Balaban J connectivity index is 2.37. The van der Waals surface area contributed by atoms with Crippen LogP contribution >= 0.6 is 46.3 Å². The average molecular weight is 455 g/mol. The van der Waals surface area contributed by atoms with E-state index in [1.165, 1.54) is 41.3 Å². The van der Waals surface area contributed by atoms with Gasteiger partial charge in [-0.2, -0.15) is 0 Å². The number of nitrogens with one attached hydrogen (secondary N) is 1. The van der Waals surface area contributed by atoms with Crippen LogP contribution in [0.4, 0.5) is 10.8 Å². The summed E-state index contributed by atoms with van der Waals surface area (Å²) in [5.41, 5.74) is 0.256. The third-order valence-corrected chi connectivity index (χ3v) is 7.03. The van der Waals surface area contributed by atoms with Crippen molar-refractivity contribution in [3.05, 3.63) is 28.2 Å². The molecule has 0 saturated carbocycles. The maximum Gasteiger partial charge on any atom is 0.250 e. The molecule has 0 radical (unpaired) electrons. The summed E-state index contributed by atoms with van der Waals surface area (Å²) in [6.07, 6.45) is 3.12. The van der Waals surface area contributed by atoms with Gasteiger partial charge in [0.15, 0.2) is 4.34 Å². The number of carbonyl (C=O) groups excluding carboxylic acids is 1. The predicted molar refractivity (Wildman–Crippen MR) is 108 cm³/mol. The molecular formula is C14H16Cl2N4O3S3. The Kier molecular flexibility index (Phi) is 7.14. The Hall–Kier alpha value is -1.07. The SMILES string of the molecule is CC[C@@H](C(=O)Nc1nnc(SC)s1)N(c1ccc(Cl)c(Cl)c1)S(C)(=O)=O. The van der Waals surface area contributed by atoms with Gasteiger partial charge in [0.25, 0.3) is 0 Å². The van der Waals surface area contributed by atoms with Crippen LogP contribution in [0.25, 0.3) is 0 Å². The second-order valence-electron chi connectivity index (χ2n) is 5.15. The van der Waals surface area contributed by atoms with Gasteiger partial charge in [0.2, 0.25) is 21.1 Å². The smallest absolute Gasteiger partial charge is 0.250 e. The third-order valence-electron chi connectivity index (χ3n) is 3.30. The lowest BCUT2D eigenvalue weighted by Crippen LogP contribution is -2.47. The lowest BCUT2D eigenvalue weighted by molar-refractivity contribution is -0.117. The molecule has 0 saturated heterocycles. The van der Waals surface area contributed by atoms with Crippen LogP contribution < -0.4 is 9.62 Å². The van der Waals surface area contributed by atoms with Crippen LogP contribution in [0, 0.1) is 0 Å². The van der Waals surface area contributed by atoms with E-state index in [0.717, 1.165) is 10.6 Å². The van der Waals surface area contributed by atoms with Crippen molar-refractivity contribution in [3.63, 3.8) is 0 Å². The maximum atomic E-state index is 12.7. The highest BCUT2D eigenvalue weighted by atomic mass is 35.5. The fourth-order valence-electron chi connectivity index (χ4n) is 2.21. The summed E-state index contributed by atoms with van der Waals surface area (Å²) in [6, 6.07) is 3.42. The summed E-state index contributed by atoms with van der Waals surface area (Å²) in [5.74, 6) is -0.507. The summed E-state index contributed by atoms with van der Waals surface area (Å²) in [6.45, 7) is 1.72. The Morgan fingerprint density at radius 2 is 2.04 bits per heavy atom. The zero-order chi connectivity index (χ0) is 19.5. The van der Waals surface area contributed by atoms with Crippen molar-refractivity contribution in [1.82, 2.24) is 10.2 Å². The number of nitrogens with zero attached hydrogens (tertiary/aromatic N) is 3. The van der Waals surface area contributed by atoms with E-state index in [0.29, 0.717) is 14.5 Å². The van der Waals surface area contributed by atoms with Gasteiger partial charge < -0.3 is 0 Å². The zero-order valence-corrected chi connectivity index (χ0v) is 18.0. The molecule has 12 heteroatoms. The van der Waals surface area contributed by atoms with Crippen molar-refractivity contribution in [2.45, 2.75) is 23.7 Å². The van der Waals surface area contributed by atoms with Crippen LogP contribution in [0.5, 0.6) is 0 Å². The van der Waals surface area contributed by atoms with Crippen LogP contribution in [0.2, 0.25) is 10.0 Å². The summed E-state index contributed by atoms with van der Waals surface area (Å²) >= 11 is 14.5. The number of halogens is 2. The number of thioether (sulfide) groups is 1. The van der Waals surface area contributed by atoms with E-state index in [1.807, 2.05) is 6.26 Å². The molecule has 1 heterocycles. The molecule has 0 aliphatic rings. The Morgan fingerprint density at radius 1 is 1.35 bits per heavy atom. The number of hydrogen-bond acceptors (Lipinski definition) is 7. The largest absolute Gasteiger partial charge is 0.299 e. The number of sulfonamides is 1. The lowest BCUT2D eigenvalue weighted by Gasteiger charge is -2.30. The molecule has 0 aliphatic carbocycles. The molecule has 2 rings (SSSR count). The lowest BCUT2D eigenvalue weighted by atomic mass is 10.2. The van der Waals surface area contributed by atoms with E-state index in [1.54, 1.807) is 6.92 Å². The first-order valence-corrected chi connectivity index (χ1v) is 11.9. The van der Waals surface area contributed by atoms with Crippen molar-refractivity contribution < 1.29 is 13.2 Å². The van der Waals surface area contributed by atoms with Crippen LogP contribution in [0.3, 0.4) is 0 Å². The van der Waals surface area contributed by atoms with Crippen LogP contribution in [0.1, 0.15) is 13.3 Å². The molecule has 142 valence electrons. The second-order valence-corrected chi connectivity index (χ2v) is 9.85. The van der Waals surface area contributed by atoms with Gasteiger partial charge >= 0.3 is 0 Å². The molecule has 1 atom stereocenters. The topological polar surface area (TPSA) is 92.3 Å². The number of carbonyl (C=O) groups is 1. The van der Waals surface area contributed by atoms with Gasteiger partial charge in [-0.25, -0.2) is 8.42 Å². The Morgan fingerprint density at radius 3 is 2.54 bits per heavy atom. The first-order chi connectivity index (χ1) is 12.2. The molecule has 1 aromatic carbocycles. The summed E-state index contributed by atoms with van der Waals surface area (Å²) < 4.78 is 26.5. The summed E-state index contributed by atoms with van der Waals surface area (Å²) in [4.78, 5) is 12.7. The number of hydrogen-bond donors (Lipinski definition) is 1. The number of benzene rings is 1. The fourth-order valence-corrected chi connectivity index (χ4v) is 4.88. The number of rotatable bonds is 7. The summed E-state index contributed by atoms with van der Waals surface area (Å²) in [5, 5.41) is 11.2. The van der Waals surface area contributed by atoms with E-state index in [4.69, 9.17) is 23.2 Å². The van der Waals surface area contributed by atoms with Crippen molar-refractivity contribution in [1.29, 1.82) is 0 Å². The molecule has 0 fully saturated rings. The van der Waals surface area contributed by atoms with Gasteiger partial charge in [-0.1, -0.05) is 53.2 Å². The van der Waals surface area contributed by atoms with Crippen molar-refractivity contribution >= 4 is 73.0 Å². The zero-order valence-electron chi connectivity index (χ0n) is 14.1. The first kappa shape index (κ1) is 21.2. The maximum absolute atomic E-state index is 12.7. The van der Waals surface area contributed by atoms with Crippen molar-refractivity contribution in [2.24, 2.45) is 0 Å². The first-order valence-electron chi connectivity index (χ1n) is 7.30. The molecule has 26 heavy (non-hydrogen) atoms. The molecule has 0 unspecified atom stereocenters. The van der Waals surface area contributed by atoms with E-state index in [-0.39, 0.29) is 17.1 Å². The number of aromatic nitrogens is 2. The normalized spacial score (nSPS) is 12.7. The Labute approximate surface area is 170 Å². The van der Waals surface area contributed by atoms with Gasteiger partial charge in [-0.15, -0.1) is 10.2 Å². The van der Waals surface area contributed by atoms with Crippen LogP contribution in [0.15, 0.2) is 22.5 Å². The minimum Gasteiger partial charge on any atom is -0.299 e. The monoisotopic (exact) mass is 454 g/mol. The highest BCUT2D eigenvalue weighted by Gasteiger charge is 2.32. The van der Waals surface area contributed by atoms with E-state index >= 15 is 0 Å². The molecule has 1 N–H and O–H groups in total. The number of amides is 1. The molecule has 1 aromatic heterocycles. The van der Waals surface area contributed by atoms with Crippen LogP contribution in [-0.2, 0) is 14.8 Å². The molecule has 0 aliphatic heterocycles.